The number of hydrogen-bond donors (Lipinski definition) is 0. The summed E-state index contributed by atoms with van der Waals surface area (Å²) >= 11 is 19.9. The summed E-state index contributed by atoms with van der Waals surface area (Å²) in [6, 6.07) is 3.31. The molecule has 0 atom stereocenters. The summed E-state index contributed by atoms with van der Waals surface area (Å²) in [5, 5.41) is 1.49. The summed E-state index contributed by atoms with van der Waals surface area (Å²) in [5.74, 6) is 2.82. The number of hydrogen-bond acceptors (Lipinski definition) is 2. The van der Waals surface area contributed by atoms with E-state index in [4.69, 9.17) is 39.5 Å². The Labute approximate surface area is 114 Å². The molecule has 1 aromatic carbocycles. The molecule has 5 heteroatoms. The molecular formula is C11H11Cl3OS. The van der Waals surface area contributed by atoms with Gasteiger partial charge in [-0.15, -0.1) is 0 Å². The van der Waals surface area contributed by atoms with Gasteiger partial charge in [-0.3, -0.25) is 0 Å². The van der Waals surface area contributed by atoms with Crippen LogP contribution in [0.2, 0.25) is 15.1 Å². The van der Waals surface area contributed by atoms with Crippen molar-refractivity contribution in [2.75, 3.05) is 11.5 Å². The van der Waals surface area contributed by atoms with E-state index >= 15 is 0 Å². The summed E-state index contributed by atoms with van der Waals surface area (Å²) < 4.78 is 5.84. The van der Waals surface area contributed by atoms with Crippen molar-refractivity contribution in [2.24, 2.45) is 0 Å². The second-order valence-electron chi connectivity index (χ2n) is 3.63. The maximum atomic E-state index is 6.05. The summed E-state index contributed by atoms with van der Waals surface area (Å²) in [6.07, 6.45) is 2.30. The lowest BCUT2D eigenvalue weighted by Gasteiger charge is -2.23. The lowest BCUT2D eigenvalue weighted by atomic mass is 10.2. The zero-order valence-electron chi connectivity index (χ0n) is 8.51. The van der Waals surface area contributed by atoms with Gasteiger partial charge < -0.3 is 4.74 Å². The quantitative estimate of drug-likeness (QED) is 0.766. The largest absolute Gasteiger partial charge is 0.487 e. The first kappa shape index (κ1) is 12.7. The van der Waals surface area contributed by atoms with E-state index in [-0.39, 0.29) is 6.10 Å². The van der Waals surface area contributed by atoms with Crippen LogP contribution in [0.1, 0.15) is 12.8 Å². The van der Waals surface area contributed by atoms with E-state index in [0.29, 0.717) is 20.8 Å². The van der Waals surface area contributed by atoms with Crippen LogP contribution < -0.4 is 4.74 Å². The molecule has 0 unspecified atom stereocenters. The van der Waals surface area contributed by atoms with Gasteiger partial charge in [-0.1, -0.05) is 34.8 Å². The van der Waals surface area contributed by atoms with E-state index in [9.17, 15) is 0 Å². The standard InChI is InChI=1S/C11H11Cl3OS/c12-7-5-9(13)11(10(14)6-7)15-8-1-3-16-4-2-8/h5-6,8H,1-4H2. The van der Waals surface area contributed by atoms with Crippen molar-refractivity contribution in [1.29, 1.82) is 0 Å². The third-order valence-electron chi connectivity index (χ3n) is 2.42. The number of ether oxygens (including phenoxy) is 1. The van der Waals surface area contributed by atoms with Crippen molar-refractivity contribution in [2.45, 2.75) is 18.9 Å². The highest BCUT2D eigenvalue weighted by atomic mass is 35.5. The molecule has 1 fully saturated rings. The van der Waals surface area contributed by atoms with Gasteiger partial charge in [0.25, 0.3) is 0 Å². The van der Waals surface area contributed by atoms with Crippen molar-refractivity contribution in [3.05, 3.63) is 27.2 Å². The Kier molecular flexibility index (Phi) is 4.54. The highest BCUT2D eigenvalue weighted by Crippen LogP contribution is 2.37. The Hall–Kier alpha value is 0.240. The molecule has 0 amide bonds. The van der Waals surface area contributed by atoms with Gasteiger partial charge in [0.15, 0.2) is 5.75 Å². The average Bonchev–Trinajstić information content (AvgIpc) is 2.25. The van der Waals surface area contributed by atoms with E-state index in [1.807, 2.05) is 11.8 Å². The fraction of sp³-hybridized carbons (Fsp3) is 0.455. The molecule has 1 aromatic rings. The van der Waals surface area contributed by atoms with Crippen LogP contribution in [0.15, 0.2) is 12.1 Å². The predicted molar refractivity (Wildman–Crippen MR) is 72.4 cm³/mol. The van der Waals surface area contributed by atoms with Gasteiger partial charge in [-0.05, 0) is 36.5 Å². The molecule has 1 heterocycles. The van der Waals surface area contributed by atoms with Gasteiger partial charge in [0.2, 0.25) is 0 Å². The van der Waals surface area contributed by atoms with E-state index in [0.717, 1.165) is 24.3 Å². The van der Waals surface area contributed by atoms with Crippen LogP contribution in [-0.4, -0.2) is 17.6 Å². The normalized spacial score (nSPS) is 17.4. The van der Waals surface area contributed by atoms with Crippen molar-refractivity contribution in [3.63, 3.8) is 0 Å². The summed E-state index contributed by atoms with van der Waals surface area (Å²) in [6.45, 7) is 0. The van der Waals surface area contributed by atoms with Gasteiger partial charge >= 0.3 is 0 Å². The van der Waals surface area contributed by atoms with E-state index in [2.05, 4.69) is 0 Å². The van der Waals surface area contributed by atoms with Gasteiger partial charge in [-0.2, -0.15) is 11.8 Å². The fourth-order valence-electron chi connectivity index (χ4n) is 1.60. The molecule has 16 heavy (non-hydrogen) atoms. The minimum absolute atomic E-state index is 0.220. The zero-order valence-corrected chi connectivity index (χ0v) is 11.6. The molecule has 88 valence electrons. The zero-order chi connectivity index (χ0) is 11.5. The van der Waals surface area contributed by atoms with Crippen LogP contribution in [0.5, 0.6) is 5.75 Å². The molecule has 0 spiro atoms. The Morgan fingerprint density at radius 2 is 1.62 bits per heavy atom. The predicted octanol–water partition coefficient (Wildman–Crippen LogP) is 4.92. The van der Waals surface area contributed by atoms with Gasteiger partial charge in [0.05, 0.1) is 10.0 Å². The minimum Gasteiger partial charge on any atom is -0.487 e. The van der Waals surface area contributed by atoms with Crippen LogP contribution in [0.25, 0.3) is 0 Å². The topological polar surface area (TPSA) is 9.23 Å². The first-order valence-electron chi connectivity index (χ1n) is 5.06. The molecule has 0 aromatic heterocycles. The Bertz CT molecular complexity index is 354. The molecule has 0 saturated carbocycles. The second-order valence-corrected chi connectivity index (χ2v) is 6.10. The average molecular weight is 298 g/mol. The van der Waals surface area contributed by atoms with Crippen molar-refractivity contribution in [1.82, 2.24) is 0 Å². The van der Waals surface area contributed by atoms with Gasteiger partial charge in [-0.25, -0.2) is 0 Å². The Morgan fingerprint density at radius 1 is 1.06 bits per heavy atom. The highest BCUT2D eigenvalue weighted by molar-refractivity contribution is 7.99. The first-order valence-corrected chi connectivity index (χ1v) is 7.34. The Balaban J connectivity index is 2.14. The van der Waals surface area contributed by atoms with E-state index in [1.54, 1.807) is 12.1 Å². The number of halogens is 3. The molecular weight excluding hydrogens is 287 g/mol. The van der Waals surface area contributed by atoms with Crippen LogP contribution >= 0.6 is 46.6 Å². The maximum absolute atomic E-state index is 6.05. The molecule has 0 N–H and O–H groups in total. The van der Waals surface area contributed by atoms with Crippen LogP contribution in [-0.2, 0) is 0 Å². The fourth-order valence-corrected chi connectivity index (χ4v) is 3.57. The summed E-state index contributed by atoms with van der Waals surface area (Å²) in [7, 11) is 0. The van der Waals surface area contributed by atoms with Crippen LogP contribution in [0.3, 0.4) is 0 Å². The lowest BCUT2D eigenvalue weighted by Crippen LogP contribution is -2.22. The first-order chi connectivity index (χ1) is 7.66. The molecule has 0 bridgehead atoms. The minimum atomic E-state index is 0.220. The summed E-state index contributed by atoms with van der Waals surface area (Å²) in [4.78, 5) is 0. The van der Waals surface area contributed by atoms with Crippen molar-refractivity contribution < 1.29 is 4.74 Å². The van der Waals surface area contributed by atoms with Crippen LogP contribution in [0, 0.1) is 0 Å². The van der Waals surface area contributed by atoms with E-state index in [1.165, 1.54) is 0 Å². The SMILES string of the molecule is Clc1cc(Cl)c(OC2CCSCC2)c(Cl)c1. The molecule has 1 aliphatic rings. The molecule has 1 nitrogen and oxygen atoms in total. The van der Waals surface area contributed by atoms with Crippen LogP contribution in [0.4, 0.5) is 0 Å². The monoisotopic (exact) mass is 296 g/mol. The van der Waals surface area contributed by atoms with E-state index < -0.39 is 0 Å². The molecule has 1 saturated heterocycles. The molecule has 1 aliphatic heterocycles. The van der Waals surface area contributed by atoms with Crippen molar-refractivity contribution in [3.8, 4) is 5.75 Å². The maximum Gasteiger partial charge on any atom is 0.156 e. The number of rotatable bonds is 2. The Morgan fingerprint density at radius 3 is 2.19 bits per heavy atom. The molecule has 0 radical (unpaired) electrons. The third kappa shape index (κ3) is 3.13. The summed E-state index contributed by atoms with van der Waals surface area (Å²) in [5.41, 5.74) is 0. The number of thioether (sulfide) groups is 1. The second kappa shape index (κ2) is 5.72. The third-order valence-corrected chi connectivity index (χ3v) is 4.24. The highest BCUT2D eigenvalue weighted by Gasteiger charge is 2.18. The van der Waals surface area contributed by atoms with Gasteiger partial charge in [0.1, 0.15) is 6.10 Å². The smallest absolute Gasteiger partial charge is 0.156 e. The number of benzene rings is 1. The van der Waals surface area contributed by atoms with Gasteiger partial charge in [0, 0.05) is 5.02 Å². The van der Waals surface area contributed by atoms with Crippen molar-refractivity contribution >= 4 is 46.6 Å². The molecule has 2 rings (SSSR count). The molecule has 0 aliphatic carbocycles. The lowest BCUT2D eigenvalue weighted by molar-refractivity contribution is 0.192.